The van der Waals surface area contributed by atoms with Gasteiger partial charge in [-0.1, -0.05) is 30.3 Å². The van der Waals surface area contributed by atoms with Crippen LogP contribution < -0.4 is 0 Å². The minimum atomic E-state index is -0.322. The van der Waals surface area contributed by atoms with E-state index in [1.54, 1.807) is 36.4 Å². The summed E-state index contributed by atoms with van der Waals surface area (Å²) in [6.07, 6.45) is 1.52. The molecule has 0 aliphatic rings. The number of carbonyl (C=O) groups is 1. The van der Waals surface area contributed by atoms with Gasteiger partial charge in [-0.15, -0.1) is 0 Å². The van der Waals surface area contributed by atoms with Crippen LogP contribution in [-0.2, 0) is 0 Å². The van der Waals surface area contributed by atoms with Gasteiger partial charge in [0.25, 0.3) is 0 Å². The van der Waals surface area contributed by atoms with Crippen molar-refractivity contribution in [2.24, 2.45) is 0 Å². The van der Waals surface area contributed by atoms with Gasteiger partial charge in [-0.2, -0.15) is 5.26 Å². The molecule has 1 N–H and O–H groups in total. The number of halogens is 2. The fraction of sp³-hybridized carbons (Fsp3) is 0. The highest BCUT2D eigenvalue weighted by molar-refractivity contribution is 14.1. The highest BCUT2D eigenvalue weighted by atomic mass is 127. The van der Waals surface area contributed by atoms with E-state index in [1.807, 2.05) is 34.7 Å². The Morgan fingerprint density at radius 2 is 1.95 bits per heavy atom. The molecule has 0 atom stereocenters. The van der Waals surface area contributed by atoms with Crippen LogP contribution >= 0.6 is 38.5 Å². The third-order valence-corrected chi connectivity index (χ3v) is 4.18. The molecule has 0 radical (unpaired) electrons. The van der Waals surface area contributed by atoms with Crippen LogP contribution in [0.5, 0.6) is 5.75 Å². The number of carbonyl (C=O) groups excluding carboxylic acids is 1. The minimum absolute atomic E-state index is 0.0505. The molecule has 0 unspecified atom stereocenters. The normalized spacial score (nSPS) is 11.0. The molecule has 0 spiro atoms. The highest BCUT2D eigenvalue weighted by Gasteiger charge is 2.12. The van der Waals surface area contributed by atoms with E-state index in [0.29, 0.717) is 19.2 Å². The van der Waals surface area contributed by atoms with Crippen LogP contribution in [0.15, 0.2) is 52.5 Å². The first kappa shape index (κ1) is 15.7. The molecule has 0 bridgehead atoms. The zero-order valence-corrected chi connectivity index (χ0v) is 14.4. The van der Waals surface area contributed by atoms with Crippen LogP contribution in [0.1, 0.15) is 15.9 Å². The van der Waals surface area contributed by atoms with Crippen molar-refractivity contribution in [2.75, 3.05) is 0 Å². The SMILES string of the molecule is N#CC(=Cc1cc(Br)c(O)c(I)c1)C(=O)c1ccccc1. The number of nitrogens with zero attached hydrogens (tertiary/aromatic N) is 1. The van der Waals surface area contributed by atoms with Crippen LogP contribution in [0.3, 0.4) is 0 Å². The van der Waals surface area contributed by atoms with Crippen LogP contribution in [-0.4, -0.2) is 10.9 Å². The Bertz CT molecular complexity index is 741. The fourth-order valence-electron chi connectivity index (χ4n) is 1.73. The first-order valence-corrected chi connectivity index (χ1v) is 7.79. The van der Waals surface area contributed by atoms with Gasteiger partial charge in [-0.3, -0.25) is 4.79 Å². The van der Waals surface area contributed by atoms with E-state index >= 15 is 0 Å². The van der Waals surface area contributed by atoms with Gasteiger partial charge in [0.15, 0.2) is 0 Å². The third-order valence-electron chi connectivity index (χ3n) is 2.75. The number of allylic oxidation sites excluding steroid dienone is 1. The lowest BCUT2D eigenvalue weighted by Crippen LogP contribution is -2.01. The largest absolute Gasteiger partial charge is 0.506 e. The summed E-state index contributed by atoms with van der Waals surface area (Å²) in [7, 11) is 0. The Labute approximate surface area is 144 Å². The predicted molar refractivity (Wildman–Crippen MR) is 92.9 cm³/mol. The van der Waals surface area contributed by atoms with Crippen molar-refractivity contribution in [3.63, 3.8) is 0 Å². The van der Waals surface area contributed by atoms with Crippen LogP contribution in [0.2, 0.25) is 0 Å². The average molecular weight is 454 g/mol. The van der Waals surface area contributed by atoms with Crippen molar-refractivity contribution in [3.05, 3.63) is 67.2 Å². The van der Waals surface area contributed by atoms with Gasteiger partial charge in [0.2, 0.25) is 5.78 Å². The summed E-state index contributed by atoms with van der Waals surface area (Å²) in [6.45, 7) is 0. The summed E-state index contributed by atoms with van der Waals surface area (Å²) in [6, 6.07) is 14.0. The van der Waals surface area contributed by atoms with E-state index in [1.165, 1.54) is 6.08 Å². The number of nitriles is 1. The van der Waals surface area contributed by atoms with Gasteiger partial charge in [0, 0.05) is 5.56 Å². The molecule has 5 heteroatoms. The Hall–Kier alpha value is -1.65. The van der Waals surface area contributed by atoms with Gasteiger partial charge in [-0.05, 0) is 62.3 Å². The van der Waals surface area contributed by atoms with Crippen LogP contribution in [0.25, 0.3) is 6.08 Å². The number of Topliss-reactive ketones (excluding diaryl/α,β-unsaturated/α-hetero) is 1. The zero-order chi connectivity index (χ0) is 15.4. The quantitative estimate of drug-likeness (QED) is 0.321. The number of ketones is 1. The van der Waals surface area contributed by atoms with Crippen molar-refractivity contribution in [1.29, 1.82) is 5.26 Å². The molecular formula is C16H9BrINO2. The number of benzene rings is 2. The number of hydrogen-bond acceptors (Lipinski definition) is 3. The molecule has 0 heterocycles. The first-order valence-electron chi connectivity index (χ1n) is 5.92. The predicted octanol–water partition coefficient (Wildman–Crippen LogP) is 4.55. The van der Waals surface area contributed by atoms with Gasteiger partial charge in [0.05, 0.1) is 8.04 Å². The van der Waals surface area contributed by atoms with E-state index < -0.39 is 0 Å². The monoisotopic (exact) mass is 453 g/mol. The number of aromatic hydroxyl groups is 1. The van der Waals surface area contributed by atoms with Crippen molar-refractivity contribution < 1.29 is 9.90 Å². The Morgan fingerprint density at radius 3 is 2.52 bits per heavy atom. The smallest absolute Gasteiger partial charge is 0.203 e. The lowest BCUT2D eigenvalue weighted by atomic mass is 10.0. The lowest BCUT2D eigenvalue weighted by Gasteiger charge is -2.04. The summed E-state index contributed by atoms with van der Waals surface area (Å²) in [5, 5.41) is 18.9. The molecule has 2 rings (SSSR count). The van der Waals surface area contributed by atoms with Crippen molar-refractivity contribution in [1.82, 2.24) is 0 Å². The fourth-order valence-corrected chi connectivity index (χ4v) is 3.23. The molecule has 2 aromatic rings. The number of phenols is 1. The molecule has 3 nitrogen and oxygen atoms in total. The molecule has 0 aromatic heterocycles. The summed E-state index contributed by atoms with van der Waals surface area (Å²) in [5.74, 6) is -0.182. The van der Waals surface area contributed by atoms with Gasteiger partial charge >= 0.3 is 0 Å². The van der Waals surface area contributed by atoms with Gasteiger partial charge < -0.3 is 5.11 Å². The average Bonchev–Trinajstić information content (AvgIpc) is 2.50. The number of phenolic OH excluding ortho intramolecular Hbond substituents is 1. The van der Waals surface area contributed by atoms with Crippen molar-refractivity contribution >= 4 is 50.4 Å². The zero-order valence-electron chi connectivity index (χ0n) is 10.7. The summed E-state index contributed by atoms with van der Waals surface area (Å²) in [5.41, 5.74) is 1.19. The Balaban J connectivity index is 2.43. The summed E-state index contributed by atoms with van der Waals surface area (Å²) in [4.78, 5) is 12.3. The highest BCUT2D eigenvalue weighted by Crippen LogP contribution is 2.31. The second kappa shape index (κ2) is 6.87. The van der Waals surface area contributed by atoms with E-state index in [9.17, 15) is 15.2 Å². The van der Waals surface area contributed by atoms with E-state index in [2.05, 4.69) is 15.9 Å². The molecule has 0 saturated heterocycles. The molecule has 0 amide bonds. The molecular weight excluding hydrogens is 445 g/mol. The van der Waals surface area contributed by atoms with E-state index in [4.69, 9.17) is 0 Å². The second-order valence-electron chi connectivity index (χ2n) is 4.20. The van der Waals surface area contributed by atoms with E-state index in [-0.39, 0.29) is 17.1 Å². The second-order valence-corrected chi connectivity index (χ2v) is 6.21. The maximum absolute atomic E-state index is 12.3. The first-order chi connectivity index (χ1) is 10.0. The maximum Gasteiger partial charge on any atom is 0.203 e. The molecule has 0 aliphatic carbocycles. The lowest BCUT2D eigenvalue weighted by molar-refractivity contribution is 0.104. The summed E-state index contributed by atoms with van der Waals surface area (Å²) < 4.78 is 1.16. The van der Waals surface area contributed by atoms with Gasteiger partial charge in [-0.25, -0.2) is 0 Å². The molecule has 0 fully saturated rings. The Morgan fingerprint density at radius 1 is 1.29 bits per heavy atom. The van der Waals surface area contributed by atoms with Crippen molar-refractivity contribution in [2.45, 2.75) is 0 Å². The van der Waals surface area contributed by atoms with Crippen LogP contribution in [0, 0.1) is 14.9 Å². The Kier molecular flexibility index (Phi) is 5.15. The molecule has 104 valence electrons. The number of rotatable bonds is 3. The molecule has 21 heavy (non-hydrogen) atoms. The van der Waals surface area contributed by atoms with E-state index in [0.717, 1.165) is 0 Å². The number of hydrogen-bond donors (Lipinski definition) is 1. The molecule has 0 aliphatic heterocycles. The topological polar surface area (TPSA) is 61.1 Å². The molecule has 2 aromatic carbocycles. The third kappa shape index (κ3) is 3.71. The standard InChI is InChI=1S/C16H9BrINO2/c17-13-7-10(8-14(18)16(13)21)6-12(9-19)15(20)11-4-2-1-3-5-11/h1-8,21H. The van der Waals surface area contributed by atoms with Crippen molar-refractivity contribution in [3.8, 4) is 11.8 Å². The van der Waals surface area contributed by atoms with Gasteiger partial charge in [0.1, 0.15) is 17.4 Å². The summed E-state index contributed by atoms with van der Waals surface area (Å²) >= 11 is 5.23. The minimum Gasteiger partial charge on any atom is -0.506 e. The molecule has 0 saturated carbocycles. The maximum atomic E-state index is 12.3. The van der Waals surface area contributed by atoms with Crippen LogP contribution in [0.4, 0.5) is 0 Å².